The molecule has 4 nitrogen and oxygen atoms in total. The van der Waals surface area contributed by atoms with Gasteiger partial charge in [-0.05, 0) is 30.0 Å². The van der Waals surface area contributed by atoms with Gasteiger partial charge in [0.1, 0.15) is 5.92 Å². The number of hydrogen-bond acceptors (Lipinski definition) is 2. The van der Waals surface area contributed by atoms with Gasteiger partial charge in [-0.15, -0.1) is 0 Å². The first kappa shape index (κ1) is 15.7. The molecule has 0 bridgehead atoms. The quantitative estimate of drug-likeness (QED) is 0.789. The van der Waals surface area contributed by atoms with Crippen molar-refractivity contribution in [3.63, 3.8) is 0 Å². The number of carbonyl (C=O) groups is 2. The van der Waals surface area contributed by atoms with Crippen molar-refractivity contribution < 1.29 is 14.7 Å². The van der Waals surface area contributed by atoms with Gasteiger partial charge in [0.25, 0.3) is 0 Å². The normalized spacial score (nSPS) is 12.2. The van der Waals surface area contributed by atoms with E-state index in [0.29, 0.717) is 13.0 Å². The first-order valence-electron chi connectivity index (χ1n) is 6.16. The van der Waals surface area contributed by atoms with Gasteiger partial charge in [0.2, 0.25) is 5.91 Å². The minimum absolute atomic E-state index is 0.219. The number of benzene rings is 1. The zero-order valence-electron chi connectivity index (χ0n) is 11.0. The first-order chi connectivity index (χ1) is 8.91. The molecule has 0 saturated carbocycles. The predicted molar refractivity (Wildman–Crippen MR) is 76.8 cm³/mol. The van der Waals surface area contributed by atoms with Crippen LogP contribution < -0.4 is 5.32 Å². The molecule has 0 fully saturated rings. The Morgan fingerprint density at radius 3 is 2.58 bits per heavy atom. The van der Waals surface area contributed by atoms with Gasteiger partial charge in [0.15, 0.2) is 0 Å². The molecule has 104 valence electrons. The van der Waals surface area contributed by atoms with Gasteiger partial charge in [0, 0.05) is 11.0 Å². The molecule has 5 heteroatoms. The Hall–Kier alpha value is -1.36. The van der Waals surface area contributed by atoms with Crippen LogP contribution in [-0.2, 0) is 16.0 Å². The van der Waals surface area contributed by atoms with Crippen LogP contribution in [0.15, 0.2) is 28.7 Å². The fourth-order valence-corrected chi connectivity index (χ4v) is 2.28. The van der Waals surface area contributed by atoms with Crippen LogP contribution >= 0.6 is 15.9 Å². The van der Waals surface area contributed by atoms with Crippen molar-refractivity contribution in [3.8, 4) is 0 Å². The second-order valence-electron chi connectivity index (χ2n) is 4.73. The van der Waals surface area contributed by atoms with Crippen LogP contribution in [0.2, 0.25) is 0 Å². The van der Waals surface area contributed by atoms with Gasteiger partial charge < -0.3 is 10.4 Å². The summed E-state index contributed by atoms with van der Waals surface area (Å²) in [6.45, 7) is 3.89. The van der Waals surface area contributed by atoms with E-state index in [4.69, 9.17) is 5.11 Å². The Labute approximate surface area is 121 Å². The number of nitrogens with one attached hydrogen (secondary N) is 1. The minimum Gasteiger partial charge on any atom is -0.481 e. The van der Waals surface area contributed by atoms with Crippen molar-refractivity contribution in [1.82, 2.24) is 5.32 Å². The lowest BCUT2D eigenvalue weighted by molar-refractivity contribution is -0.148. The molecule has 0 heterocycles. The fourth-order valence-electron chi connectivity index (χ4n) is 1.83. The lowest BCUT2D eigenvalue weighted by Gasteiger charge is -2.15. The Kier molecular flexibility index (Phi) is 6.02. The number of amides is 1. The van der Waals surface area contributed by atoms with Gasteiger partial charge in [-0.1, -0.05) is 41.9 Å². The Morgan fingerprint density at radius 2 is 2.05 bits per heavy atom. The summed E-state index contributed by atoms with van der Waals surface area (Å²) < 4.78 is 0.988. The maximum atomic E-state index is 11.8. The van der Waals surface area contributed by atoms with Gasteiger partial charge in [-0.3, -0.25) is 9.59 Å². The molecule has 0 aliphatic heterocycles. The van der Waals surface area contributed by atoms with E-state index >= 15 is 0 Å². The van der Waals surface area contributed by atoms with Gasteiger partial charge in [-0.2, -0.15) is 0 Å². The van der Waals surface area contributed by atoms with Crippen LogP contribution in [0.1, 0.15) is 19.4 Å². The zero-order chi connectivity index (χ0) is 14.4. The highest BCUT2D eigenvalue weighted by molar-refractivity contribution is 9.10. The molecule has 1 atom stereocenters. The van der Waals surface area contributed by atoms with Crippen LogP contribution in [0.5, 0.6) is 0 Å². The number of carboxylic acid groups (broad SMARTS) is 1. The summed E-state index contributed by atoms with van der Waals surface area (Å²) in [7, 11) is 0. The zero-order valence-corrected chi connectivity index (χ0v) is 12.6. The van der Waals surface area contributed by atoms with Crippen molar-refractivity contribution >= 4 is 27.8 Å². The molecule has 0 aromatic heterocycles. The topological polar surface area (TPSA) is 66.4 Å². The van der Waals surface area contributed by atoms with Crippen LogP contribution in [0, 0.1) is 11.8 Å². The second-order valence-corrected chi connectivity index (χ2v) is 5.65. The monoisotopic (exact) mass is 327 g/mol. The second kappa shape index (κ2) is 7.28. The summed E-state index contributed by atoms with van der Waals surface area (Å²) >= 11 is 3.38. The van der Waals surface area contributed by atoms with E-state index in [0.717, 1.165) is 10.0 Å². The third-order valence-electron chi connectivity index (χ3n) is 2.82. The third-order valence-corrected chi connectivity index (χ3v) is 3.31. The van der Waals surface area contributed by atoms with Gasteiger partial charge in [-0.25, -0.2) is 0 Å². The van der Waals surface area contributed by atoms with Gasteiger partial charge >= 0.3 is 5.97 Å². The molecule has 1 aromatic rings. The summed E-state index contributed by atoms with van der Waals surface area (Å²) in [6, 6.07) is 7.80. The van der Waals surface area contributed by atoms with Crippen molar-refractivity contribution in [1.29, 1.82) is 0 Å². The Bertz CT molecular complexity index is 460. The molecule has 0 saturated heterocycles. The standard InChI is InChI=1S/C14H18BrNO3/c1-9(2)12(14(18)19)13(17)16-7-6-10-4-3-5-11(15)8-10/h3-5,8-9,12H,6-7H2,1-2H3,(H,16,17)(H,18,19). The molecule has 0 radical (unpaired) electrons. The van der Waals surface area contributed by atoms with Crippen molar-refractivity contribution in [2.45, 2.75) is 20.3 Å². The fraction of sp³-hybridized carbons (Fsp3) is 0.429. The van der Waals surface area contributed by atoms with E-state index in [1.54, 1.807) is 13.8 Å². The average molecular weight is 328 g/mol. The first-order valence-corrected chi connectivity index (χ1v) is 6.96. The highest BCUT2D eigenvalue weighted by atomic mass is 79.9. The van der Waals surface area contributed by atoms with Crippen LogP contribution in [0.25, 0.3) is 0 Å². The number of halogens is 1. The Morgan fingerprint density at radius 1 is 1.37 bits per heavy atom. The lowest BCUT2D eigenvalue weighted by atomic mass is 9.95. The summed E-state index contributed by atoms with van der Waals surface area (Å²) in [4.78, 5) is 22.8. The predicted octanol–water partition coefficient (Wildman–Crippen LogP) is 2.46. The van der Waals surface area contributed by atoms with Gasteiger partial charge in [0.05, 0.1) is 0 Å². The SMILES string of the molecule is CC(C)C(C(=O)O)C(=O)NCCc1cccc(Br)c1. The minimum atomic E-state index is -1.07. The Balaban J connectivity index is 2.48. The molecule has 0 aliphatic carbocycles. The molecule has 2 N–H and O–H groups in total. The van der Waals surface area contributed by atoms with E-state index < -0.39 is 17.8 Å². The van der Waals surface area contributed by atoms with E-state index in [2.05, 4.69) is 21.2 Å². The molecule has 1 amide bonds. The smallest absolute Gasteiger partial charge is 0.316 e. The highest BCUT2D eigenvalue weighted by Gasteiger charge is 2.28. The molecule has 0 aliphatic rings. The third kappa shape index (κ3) is 5.03. The largest absolute Gasteiger partial charge is 0.481 e. The van der Waals surface area contributed by atoms with E-state index in [1.807, 2.05) is 24.3 Å². The maximum Gasteiger partial charge on any atom is 0.316 e. The molecule has 19 heavy (non-hydrogen) atoms. The van der Waals surface area contributed by atoms with Crippen molar-refractivity contribution in [2.75, 3.05) is 6.54 Å². The molecular weight excluding hydrogens is 310 g/mol. The molecule has 1 rings (SSSR count). The summed E-state index contributed by atoms with van der Waals surface area (Å²) in [5.74, 6) is -2.70. The molecule has 1 unspecified atom stereocenters. The summed E-state index contributed by atoms with van der Waals surface area (Å²) in [5.41, 5.74) is 1.09. The maximum absolute atomic E-state index is 11.8. The number of carbonyl (C=O) groups excluding carboxylic acids is 1. The van der Waals surface area contributed by atoms with Crippen molar-refractivity contribution in [3.05, 3.63) is 34.3 Å². The number of rotatable bonds is 6. The van der Waals surface area contributed by atoms with Crippen LogP contribution in [0.3, 0.4) is 0 Å². The van der Waals surface area contributed by atoms with E-state index in [-0.39, 0.29) is 5.92 Å². The van der Waals surface area contributed by atoms with E-state index in [1.165, 1.54) is 0 Å². The summed E-state index contributed by atoms with van der Waals surface area (Å²) in [6.07, 6.45) is 0.676. The number of carboxylic acids is 1. The van der Waals surface area contributed by atoms with Crippen LogP contribution in [-0.4, -0.2) is 23.5 Å². The summed E-state index contributed by atoms with van der Waals surface area (Å²) in [5, 5.41) is 11.7. The molecule has 1 aromatic carbocycles. The lowest BCUT2D eigenvalue weighted by Crippen LogP contribution is -2.39. The van der Waals surface area contributed by atoms with Crippen LogP contribution in [0.4, 0.5) is 0 Å². The molecule has 0 spiro atoms. The average Bonchev–Trinajstić information content (AvgIpc) is 2.27. The number of hydrogen-bond donors (Lipinski definition) is 2. The van der Waals surface area contributed by atoms with Crippen molar-refractivity contribution in [2.24, 2.45) is 11.8 Å². The molecular formula is C14H18BrNO3. The number of aliphatic carboxylic acids is 1. The highest BCUT2D eigenvalue weighted by Crippen LogP contribution is 2.13. The van der Waals surface area contributed by atoms with E-state index in [9.17, 15) is 9.59 Å².